The summed E-state index contributed by atoms with van der Waals surface area (Å²) in [6, 6.07) is 18.0. The number of benzene rings is 2. The predicted octanol–water partition coefficient (Wildman–Crippen LogP) is 3.68. The number of H-pyrrole nitrogens is 1. The summed E-state index contributed by atoms with van der Waals surface area (Å²) in [7, 11) is 0. The average Bonchev–Trinajstić information content (AvgIpc) is 3.12. The van der Waals surface area contributed by atoms with Gasteiger partial charge in [-0.1, -0.05) is 42.5 Å². The molecule has 25 heavy (non-hydrogen) atoms. The molecule has 0 unspecified atom stereocenters. The summed E-state index contributed by atoms with van der Waals surface area (Å²) in [5.41, 5.74) is 3.89. The summed E-state index contributed by atoms with van der Waals surface area (Å²) in [5, 5.41) is 10.6. The van der Waals surface area contributed by atoms with Gasteiger partial charge in [0.15, 0.2) is 0 Å². The standard InChI is InChI=1S/C21H22N2O2/c24-14-17-6-1-3-7-18(17)15-9-11-23(12-10-15)21(25)20-13-16-5-2-4-8-19(16)22-20/h1-8,13,15,22,24H,9-12,14H2. The van der Waals surface area contributed by atoms with Crippen molar-refractivity contribution in [3.05, 3.63) is 71.4 Å². The van der Waals surface area contributed by atoms with E-state index in [2.05, 4.69) is 11.1 Å². The Balaban J connectivity index is 1.47. The molecular weight excluding hydrogens is 312 g/mol. The van der Waals surface area contributed by atoms with Crippen LogP contribution in [0.1, 0.15) is 40.4 Å². The van der Waals surface area contributed by atoms with Crippen molar-refractivity contribution in [2.75, 3.05) is 13.1 Å². The van der Waals surface area contributed by atoms with Gasteiger partial charge in [-0.15, -0.1) is 0 Å². The zero-order valence-electron chi connectivity index (χ0n) is 14.1. The van der Waals surface area contributed by atoms with Crippen LogP contribution in [0.5, 0.6) is 0 Å². The lowest BCUT2D eigenvalue weighted by Gasteiger charge is -2.32. The van der Waals surface area contributed by atoms with Crippen LogP contribution in [0.25, 0.3) is 10.9 Å². The molecule has 0 bridgehead atoms. The average molecular weight is 334 g/mol. The van der Waals surface area contributed by atoms with E-state index in [0.29, 0.717) is 11.6 Å². The molecule has 2 heterocycles. The van der Waals surface area contributed by atoms with Crippen molar-refractivity contribution >= 4 is 16.8 Å². The van der Waals surface area contributed by atoms with Gasteiger partial charge < -0.3 is 15.0 Å². The van der Waals surface area contributed by atoms with Gasteiger partial charge in [0, 0.05) is 24.0 Å². The number of nitrogens with one attached hydrogen (secondary N) is 1. The molecule has 0 atom stereocenters. The fraction of sp³-hybridized carbons (Fsp3) is 0.286. The highest BCUT2D eigenvalue weighted by atomic mass is 16.3. The van der Waals surface area contributed by atoms with Crippen LogP contribution in [-0.4, -0.2) is 34.0 Å². The molecule has 1 fully saturated rings. The van der Waals surface area contributed by atoms with Gasteiger partial charge in [-0.25, -0.2) is 0 Å². The van der Waals surface area contributed by atoms with Gasteiger partial charge in [-0.3, -0.25) is 4.79 Å². The molecule has 1 amide bonds. The molecule has 1 aromatic heterocycles. The highest BCUT2D eigenvalue weighted by molar-refractivity contribution is 5.98. The van der Waals surface area contributed by atoms with Crippen molar-refractivity contribution in [2.24, 2.45) is 0 Å². The zero-order chi connectivity index (χ0) is 17.2. The molecule has 3 aromatic rings. The highest BCUT2D eigenvalue weighted by Crippen LogP contribution is 2.31. The summed E-state index contributed by atoms with van der Waals surface area (Å²) >= 11 is 0. The lowest BCUT2D eigenvalue weighted by atomic mass is 9.86. The number of carbonyl (C=O) groups excluding carboxylic acids is 1. The molecule has 4 heteroatoms. The second-order valence-corrected chi connectivity index (χ2v) is 6.69. The number of aromatic amines is 1. The van der Waals surface area contributed by atoms with Gasteiger partial charge >= 0.3 is 0 Å². The van der Waals surface area contributed by atoms with E-state index in [-0.39, 0.29) is 12.5 Å². The summed E-state index contributed by atoms with van der Waals surface area (Å²) in [6.45, 7) is 1.57. The van der Waals surface area contributed by atoms with Crippen LogP contribution in [0, 0.1) is 0 Å². The molecule has 0 aliphatic carbocycles. The predicted molar refractivity (Wildman–Crippen MR) is 98.5 cm³/mol. The minimum absolute atomic E-state index is 0.0738. The molecule has 0 saturated carbocycles. The third kappa shape index (κ3) is 3.05. The SMILES string of the molecule is O=C(c1cc2ccccc2[nH]1)N1CCC(c2ccccc2CO)CC1. The molecular formula is C21H22N2O2. The van der Waals surface area contributed by atoms with Gasteiger partial charge in [0.05, 0.1) is 6.61 Å². The van der Waals surface area contributed by atoms with Crippen molar-refractivity contribution in [1.29, 1.82) is 0 Å². The number of hydrogen-bond donors (Lipinski definition) is 2. The molecule has 1 saturated heterocycles. The smallest absolute Gasteiger partial charge is 0.270 e. The summed E-state index contributed by atoms with van der Waals surface area (Å²) < 4.78 is 0. The maximum absolute atomic E-state index is 12.8. The van der Waals surface area contributed by atoms with E-state index in [1.165, 1.54) is 5.56 Å². The topological polar surface area (TPSA) is 56.3 Å². The van der Waals surface area contributed by atoms with Gasteiger partial charge in [0.2, 0.25) is 0 Å². The van der Waals surface area contributed by atoms with Crippen LogP contribution >= 0.6 is 0 Å². The molecule has 4 rings (SSSR count). The summed E-state index contributed by atoms with van der Waals surface area (Å²) in [6.07, 6.45) is 1.87. The Hall–Kier alpha value is -2.59. The minimum Gasteiger partial charge on any atom is -0.392 e. The largest absolute Gasteiger partial charge is 0.392 e. The van der Waals surface area contributed by atoms with Crippen molar-refractivity contribution in [3.63, 3.8) is 0 Å². The number of para-hydroxylation sites is 1. The van der Waals surface area contributed by atoms with Crippen LogP contribution < -0.4 is 0 Å². The van der Waals surface area contributed by atoms with Crippen molar-refractivity contribution in [1.82, 2.24) is 9.88 Å². The van der Waals surface area contributed by atoms with Gasteiger partial charge in [-0.05, 0) is 42.0 Å². The number of aromatic nitrogens is 1. The Morgan fingerprint density at radius 3 is 2.56 bits per heavy atom. The number of carbonyl (C=O) groups is 1. The number of aliphatic hydroxyl groups excluding tert-OH is 1. The normalized spacial score (nSPS) is 15.6. The second kappa shape index (κ2) is 6.73. The van der Waals surface area contributed by atoms with Gasteiger partial charge in [-0.2, -0.15) is 0 Å². The molecule has 2 aromatic carbocycles. The lowest BCUT2D eigenvalue weighted by Crippen LogP contribution is -2.38. The molecule has 1 aliphatic rings. The molecule has 128 valence electrons. The van der Waals surface area contributed by atoms with E-state index >= 15 is 0 Å². The summed E-state index contributed by atoms with van der Waals surface area (Å²) in [4.78, 5) is 18.0. The van der Waals surface area contributed by atoms with E-state index < -0.39 is 0 Å². The fourth-order valence-corrected chi connectivity index (χ4v) is 3.83. The Kier molecular flexibility index (Phi) is 4.28. The Morgan fingerprint density at radius 2 is 1.80 bits per heavy atom. The van der Waals surface area contributed by atoms with Crippen LogP contribution in [0.15, 0.2) is 54.6 Å². The minimum atomic E-state index is 0.0738. The first kappa shape index (κ1) is 15.9. The van der Waals surface area contributed by atoms with Crippen LogP contribution in [0.2, 0.25) is 0 Å². The Labute approximate surface area is 147 Å². The van der Waals surface area contributed by atoms with Gasteiger partial charge in [0.1, 0.15) is 5.69 Å². The molecule has 4 nitrogen and oxygen atoms in total. The molecule has 2 N–H and O–H groups in total. The third-order valence-corrected chi connectivity index (χ3v) is 5.21. The Morgan fingerprint density at radius 1 is 1.08 bits per heavy atom. The quantitative estimate of drug-likeness (QED) is 0.768. The van der Waals surface area contributed by atoms with E-state index in [0.717, 1.165) is 42.4 Å². The second-order valence-electron chi connectivity index (χ2n) is 6.69. The summed E-state index contributed by atoms with van der Waals surface area (Å²) in [5.74, 6) is 0.486. The number of fused-ring (bicyclic) bond motifs is 1. The van der Waals surface area contributed by atoms with Gasteiger partial charge in [0.25, 0.3) is 5.91 Å². The Bertz CT molecular complexity index is 859. The number of rotatable bonds is 3. The van der Waals surface area contributed by atoms with Crippen LogP contribution in [0.3, 0.4) is 0 Å². The molecule has 0 radical (unpaired) electrons. The van der Waals surface area contributed by atoms with E-state index in [1.807, 2.05) is 53.4 Å². The zero-order valence-corrected chi connectivity index (χ0v) is 14.1. The molecule has 0 spiro atoms. The van der Waals surface area contributed by atoms with Crippen LogP contribution in [0.4, 0.5) is 0 Å². The first-order valence-corrected chi connectivity index (χ1v) is 8.82. The number of amides is 1. The van der Waals surface area contributed by atoms with Crippen molar-refractivity contribution in [3.8, 4) is 0 Å². The van der Waals surface area contributed by atoms with E-state index in [9.17, 15) is 9.90 Å². The monoisotopic (exact) mass is 334 g/mol. The number of hydrogen-bond acceptors (Lipinski definition) is 2. The lowest BCUT2D eigenvalue weighted by molar-refractivity contribution is 0.0707. The van der Waals surface area contributed by atoms with E-state index in [4.69, 9.17) is 0 Å². The first-order valence-electron chi connectivity index (χ1n) is 8.82. The fourth-order valence-electron chi connectivity index (χ4n) is 3.83. The number of likely N-dealkylation sites (tertiary alicyclic amines) is 1. The van der Waals surface area contributed by atoms with Crippen LogP contribution in [-0.2, 0) is 6.61 Å². The number of piperidine rings is 1. The van der Waals surface area contributed by atoms with Crippen molar-refractivity contribution in [2.45, 2.75) is 25.4 Å². The highest BCUT2D eigenvalue weighted by Gasteiger charge is 2.26. The maximum atomic E-state index is 12.8. The molecule has 1 aliphatic heterocycles. The van der Waals surface area contributed by atoms with E-state index in [1.54, 1.807) is 0 Å². The number of nitrogens with zero attached hydrogens (tertiary/aromatic N) is 1. The maximum Gasteiger partial charge on any atom is 0.270 e. The first-order chi connectivity index (χ1) is 12.3. The third-order valence-electron chi connectivity index (χ3n) is 5.21. The number of aliphatic hydroxyl groups is 1. The van der Waals surface area contributed by atoms with Crippen molar-refractivity contribution < 1.29 is 9.90 Å².